The van der Waals surface area contributed by atoms with Crippen molar-refractivity contribution in [1.82, 2.24) is 9.72 Å². The Bertz CT molecular complexity index is 513. The predicted octanol–water partition coefficient (Wildman–Crippen LogP) is 0.372. The molecule has 106 valence electrons. The quantitative estimate of drug-likeness (QED) is 0.591. The average molecular weight is 269 g/mol. The van der Waals surface area contributed by atoms with E-state index in [0.29, 0.717) is 25.2 Å². The lowest BCUT2D eigenvalue weighted by Crippen LogP contribution is -2.45. The van der Waals surface area contributed by atoms with Gasteiger partial charge in [-0.1, -0.05) is 17.3 Å². The molecule has 0 spiro atoms. The summed E-state index contributed by atoms with van der Waals surface area (Å²) in [6, 6.07) is 0. The molecule has 0 bridgehead atoms. The molecule has 0 fully saturated rings. The molecule has 0 amide bonds. The van der Waals surface area contributed by atoms with Crippen LogP contribution in [0.5, 0.6) is 0 Å². The van der Waals surface area contributed by atoms with Gasteiger partial charge in [0.25, 0.3) is 0 Å². The highest BCUT2D eigenvalue weighted by Crippen LogP contribution is 2.11. The molecule has 2 N–H and O–H groups in total. The highest BCUT2D eigenvalue weighted by molar-refractivity contribution is 5.79. The normalized spacial score (nSPS) is 14.5. The van der Waals surface area contributed by atoms with Crippen molar-refractivity contribution in [3.63, 3.8) is 0 Å². The minimum absolute atomic E-state index is 0.383. The number of aromatic nitrogens is 2. The largest absolute Gasteiger partial charge is 0.468 e. The highest BCUT2D eigenvalue weighted by Gasteiger charge is 2.28. The molecule has 1 aromatic rings. The molecule has 0 saturated carbocycles. The molecule has 0 aliphatic carbocycles. The number of aryl methyl sites for hydroxylation is 1. The number of nitrogens with zero attached hydrogens (tertiary/aromatic N) is 2. The lowest BCUT2D eigenvalue weighted by molar-refractivity contribution is -0.146. The fraction of sp³-hybridized carbons (Fsp3) is 0.583. The number of allylic oxidation sites excluding steroid dienone is 2. The van der Waals surface area contributed by atoms with Crippen molar-refractivity contribution >= 4 is 5.97 Å². The van der Waals surface area contributed by atoms with Crippen LogP contribution in [-0.4, -0.2) is 28.3 Å². The van der Waals surface area contributed by atoms with Crippen molar-refractivity contribution < 1.29 is 14.1 Å². The number of carbonyl (C=O) groups is 1. The zero-order valence-electron chi connectivity index (χ0n) is 11.4. The topological polar surface area (TPSA) is 100 Å². The molecular weight excluding hydrogens is 250 g/mol. The van der Waals surface area contributed by atoms with Crippen LogP contribution in [0.2, 0.25) is 0 Å². The van der Waals surface area contributed by atoms with Gasteiger partial charge < -0.3 is 10.5 Å². The molecular formula is C12H19N3O4. The first-order chi connectivity index (χ1) is 8.88. The summed E-state index contributed by atoms with van der Waals surface area (Å²) in [5.41, 5.74) is 4.81. The molecule has 7 heteroatoms. The van der Waals surface area contributed by atoms with Crippen LogP contribution in [0.15, 0.2) is 21.5 Å². The first-order valence-electron chi connectivity index (χ1n) is 5.94. The van der Waals surface area contributed by atoms with Crippen LogP contribution in [0.4, 0.5) is 0 Å². The van der Waals surface area contributed by atoms with E-state index in [1.807, 2.05) is 6.08 Å². The number of esters is 1. The molecule has 1 heterocycles. The Morgan fingerprint density at radius 2 is 2.26 bits per heavy atom. The van der Waals surface area contributed by atoms with Crippen molar-refractivity contribution in [1.29, 1.82) is 0 Å². The number of carbonyl (C=O) groups excluding carboxylic acids is 1. The summed E-state index contributed by atoms with van der Waals surface area (Å²) in [5, 5.41) is 3.55. The number of hydrogen-bond acceptors (Lipinski definition) is 6. The number of nitrogens with two attached hydrogens (primary N) is 1. The monoisotopic (exact) mass is 269 g/mol. The molecule has 0 aliphatic rings. The van der Waals surface area contributed by atoms with Crippen LogP contribution in [0.3, 0.4) is 0 Å². The number of rotatable bonds is 6. The molecule has 1 atom stereocenters. The van der Waals surface area contributed by atoms with E-state index in [-0.39, 0.29) is 0 Å². The Labute approximate surface area is 111 Å². The third-order valence-electron chi connectivity index (χ3n) is 2.80. The van der Waals surface area contributed by atoms with E-state index in [1.165, 1.54) is 11.7 Å². The summed E-state index contributed by atoms with van der Waals surface area (Å²) in [5.74, 6) is -0.403. The zero-order valence-corrected chi connectivity index (χ0v) is 11.4. The molecule has 1 rings (SSSR count). The lowest BCUT2D eigenvalue weighted by Gasteiger charge is -2.20. The molecule has 7 nitrogen and oxygen atoms in total. The van der Waals surface area contributed by atoms with Crippen molar-refractivity contribution in [3.8, 4) is 0 Å². The smallest absolute Gasteiger partial charge is 0.441 e. The maximum atomic E-state index is 11.3. The molecule has 0 radical (unpaired) electrons. The van der Waals surface area contributed by atoms with Gasteiger partial charge in [0.15, 0.2) is 5.82 Å². The SMILES string of the molecule is COC(=O)C(C)(N)CC/C=C\Cn1c(C)noc1=O. The number of ether oxygens (including phenoxy) is 1. The summed E-state index contributed by atoms with van der Waals surface area (Å²) >= 11 is 0. The second-order valence-corrected chi connectivity index (χ2v) is 4.53. The van der Waals surface area contributed by atoms with Crippen LogP contribution in [0, 0.1) is 6.92 Å². The maximum Gasteiger partial charge on any atom is 0.441 e. The third-order valence-corrected chi connectivity index (χ3v) is 2.80. The lowest BCUT2D eigenvalue weighted by atomic mass is 9.97. The minimum Gasteiger partial charge on any atom is -0.468 e. The fourth-order valence-electron chi connectivity index (χ4n) is 1.56. The summed E-state index contributed by atoms with van der Waals surface area (Å²) in [6.45, 7) is 3.70. The van der Waals surface area contributed by atoms with Crippen LogP contribution < -0.4 is 11.5 Å². The Kier molecular flexibility index (Phi) is 5.05. The minimum atomic E-state index is -0.997. The first-order valence-corrected chi connectivity index (χ1v) is 5.94. The van der Waals surface area contributed by atoms with Crippen molar-refractivity contribution in [2.75, 3.05) is 7.11 Å². The summed E-state index contributed by atoms with van der Waals surface area (Å²) < 4.78 is 10.5. The molecule has 0 saturated heterocycles. The Morgan fingerprint density at radius 1 is 1.58 bits per heavy atom. The summed E-state index contributed by atoms with van der Waals surface area (Å²) in [4.78, 5) is 22.5. The van der Waals surface area contributed by atoms with Gasteiger partial charge in [-0.3, -0.25) is 13.9 Å². The van der Waals surface area contributed by atoms with E-state index in [2.05, 4.69) is 14.4 Å². The summed E-state index contributed by atoms with van der Waals surface area (Å²) in [7, 11) is 1.31. The van der Waals surface area contributed by atoms with Gasteiger partial charge in [0.05, 0.1) is 7.11 Å². The van der Waals surface area contributed by atoms with Crippen molar-refractivity contribution in [2.24, 2.45) is 5.73 Å². The van der Waals surface area contributed by atoms with Crippen LogP contribution in [0.25, 0.3) is 0 Å². The average Bonchev–Trinajstić information content (AvgIpc) is 2.68. The van der Waals surface area contributed by atoms with Gasteiger partial charge in [-0.05, 0) is 26.7 Å². The van der Waals surface area contributed by atoms with Gasteiger partial charge in [0.1, 0.15) is 5.54 Å². The molecule has 1 aromatic heterocycles. The Hall–Kier alpha value is -1.89. The second kappa shape index (κ2) is 6.33. The molecule has 1 unspecified atom stereocenters. The van der Waals surface area contributed by atoms with Gasteiger partial charge in [-0.25, -0.2) is 4.79 Å². The van der Waals surface area contributed by atoms with Crippen LogP contribution in [-0.2, 0) is 16.1 Å². The number of methoxy groups -OCH3 is 1. The van der Waals surface area contributed by atoms with Gasteiger partial charge in [0, 0.05) is 6.54 Å². The Balaban J connectivity index is 2.44. The van der Waals surface area contributed by atoms with Gasteiger partial charge in [-0.15, -0.1) is 0 Å². The van der Waals surface area contributed by atoms with E-state index in [4.69, 9.17) is 5.73 Å². The van der Waals surface area contributed by atoms with E-state index in [9.17, 15) is 9.59 Å². The van der Waals surface area contributed by atoms with Crippen LogP contribution >= 0.6 is 0 Å². The second-order valence-electron chi connectivity index (χ2n) is 4.53. The van der Waals surface area contributed by atoms with E-state index in [0.717, 1.165) is 0 Å². The highest BCUT2D eigenvalue weighted by atomic mass is 16.5. The van der Waals surface area contributed by atoms with Gasteiger partial charge >= 0.3 is 11.7 Å². The van der Waals surface area contributed by atoms with Crippen molar-refractivity contribution in [3.05, 3.63) is 28.5 Å². The van der Waals surface area contributed by atoms with Gasteiger partial charge in [-0.2, -0.15) is 0 Å². The number of hydrogen-bond donors (Lipinski definition) is 1. The first kappa shape index (κ1) is 15.2. The van der Waals surface area contributed by atoms with E-state index in [1.54, 1.807) is 19.9 Å². The van der Waals surface area contributed by atoms with E-state index < -0.39 is 17.3 Å². The van der Waals surface area contributed by atoms with Gasteiger partial charge in [0.2, 0.25) is 0 Å². The van der Waals surface area contributed by atoms with Crippen molar-refractivity contribution in [2.45, 2.75) is 38.8 Å². The van der Waals surface area contributed by atoms with Crippen LogP contribution in [0.1, 0.15) is 25.6 Å². The zero-order chi connectivity index (χ0) is 14.5. The summed E-state index contributed by atoms with van der Waals surface area (Å²) in [6.07, 6.45) is 4.74. The molecule has 0 aromatic carbocycles. The molecule has 19 heavy (non-hydrogen) atoms. The third kappa shape index (κ3) is 4.06. The fourth-order valence-corrected chi connectivity index (χ4v) is 1.56. The predicted molar refractivity (Wildman–Crippen MR) is 68.5 cm³/mol. The molecule has 0 aliphatic heterocycles. The maximum absolute atomic E-state index is 11.3. The van der Waals surface area contributed by atoms with E-state index >= 15 is 0 Å². The Morgan fingerprint density at radius 3 is 2.79 bits per heavy atom. The standard InChI is InChI=1S/C12H19N3O4/c1-9-14-19-11(17)15(9)8-6-4-5-7-12(2,13)10(16)18-3/h4,6H,5,7-8,13H2,1-3H3/b6-4-.